The molecule has 3 aromatic rings. The van der Waals surface area contributed by atoms with E-state index in [2.05, 4.69) is 23.4 Å². The summed E-state index contributed by atoms with van der Waals surface area (Å²) in [7, 11) is 0. The van der Waals surface area contributed by atoms with Crippen molar-refractivity contribution in [3.05, 3.63) is 57.6 Å². The topological polar surface area (TPSA) is 30.4 Å². The van der Waals surface area contributed by atoms with Crippen molar-refractivity contribution in [2.75, 3.05) is 0 Å². The number of furan rings is 1. The summed E-state index contributed by atoms with van der Waals surface area (Å²) in [6.45, 7) is 4.14. The minimum absolute atomic E-state index is 0.0955. The molecule has 2 aromatic heterocycles. The van der Waals surface area contributed by atoms with Crippen LogP contribution in [0.1, 0.15) is 19.9 Å². The maximum Gasteiger partial charge on any atom is 0.190 e. The lowest BCUT2D eigenvalue weighted by molar-refractivity contribution is 0.548. The molecular weight excluding hydrogens is 323 g/mol. The second-order valence-electron chi connectivity index (χ2n) is 5.05. The van der Waals surface area contributed by atoms with Gasteiger partial charge in [-0.3, -0.25) is 0 Å². The van der Waals surface area contributed by atoms with E-state index in [1.165, 1.54) is 23.5 Å². The van der Waals surface area contributed by atoms with Crippen molar-refractivity contribution in [2.45, 2.75) is 19.9 Å². The predicted octanol–water partition coefficient (Wildman–Crippen LogP) is 5.42. The number of aromatic nitrogens is 1. The Morgan fingerprint density at radius 1 is 1.32 bits per heavy atom. The van der Waals surface area contributed by atoms with E-state index >= 15 is 0 Å². The minimum atomic E-state index is -0.471. The van der Waals surface area contributed by atoms with Gasteiger partial charge in [0.05, 0.1) is 22.7 Å². The maximum absolute atomic E-state index is 13.6. The Morgan fingerprint density at radius 2 is 2.14 bits per heavy atom. The van der Waals surface area contributed by atoms with E-state index in [4.69, 9.17) is 16.0 Å². The molecule has 6 heteroatoms. The van der Waals surface area contributed by atoms with Crippen molar-refractivity contribution in [1.82, 2.24) is 4.57 Å². The molecule has 0 saturated carbocycles. The number of halogens is 2. The van der Waals surface area contributed by atoms with Crippen LogP contribution in [0.5, 0.6) is 0 Å². The Balaban J connectivity index is 2.14. The molecule has 3 nitrogen and oxygen atoms in total. The Bertz CT molecular complexity index is 849. The Labute approximate surface area is 136 Å². The van der Waals surface area contributed by atoms with Gasteiger partial charge in [0, 0.05) is 17.5 Å². The Morgan fingerprint density at radius 3 is 2.77 bits per heavy atom. The highest BCUT2D eigenvalue weighted by molar-refractivity contribution is 7.07. The molecule has 0 amide bonds. The molecule has 0 aliphatic carbocycles. The van der Waals surface area contributed by atoms with Crippen molar-refractivity contribution in [3.63, 3.8) is 0 Å². The second-order valence-corrected chi connectivity index (χ2v) is 6.30. The molecular formula is C16H14ClFN2OS. The molecule has 2 heterocycles. The highest BCUT2D eigenvalue weighted by atomic mass is 35.5. The van der Waals surface area contributed by atoms with Crippen molar-refractivity contribution in [3.8, 4) is 11.5 Å². The van der Waals surface area contributed by atoms with E-state index in [-0.39, 0.29) is 11.1 Å². The zero-order valence-corrected chi connectivity index (χ0v) is 13.7. The summed E-state index contributed by atoms with van der Waals surface area (Å²) in [5, 5.41) is 2.09. The standard InChI is InChI=1S/C16H14ClFN2OS/c1-10(2)20-14(15-4-3-7-21-15)9-22-16(20)19-11-5-6-12(17)13(18)8-11/h3-10H,1-2H3. The predicted molar refractivity (Wildman–Crippen MR) is 87.0 cm³/mol. The zero-order valence-electron chi connectivity index (χ0n) is 12.1. The summed E-state index contributed by atoms with van der Waals surface area (Å²) < 4.78 is 21.1. The van der Waals surface area contributed by atoms with Crippen LogP contribution in [0.3, 0.4) is 0 Å². The Hall–Kier alpha value is -1.85. The number of rotatable bonds is 3. The first-order valence-electron chi connectivity index (χ1n) is 6.80. The van der Waals surface area contributed by atoms with Crippen LogP contribution in [-0.2, 0) is 0 Å². The highest BCUT2D eigenvalue weighted by Crippen LogP contribution is 2.25. The quantitative estimate of drug-likeness (QED) is 0.628. The minimum Gasteiger partial charge on any atom is -0.463 e. The number of hydrogen-bond acceptors (Lipinski definition) is 3. The Kier molecular flexibility index (Phi) is 4.18. The van der Waals surface area contributed by atoms with Gasteiger partial charge in [-0.15, -0.1) is 11.3 Å². The molecule has 0 fully saturated rings. The van der Waals surface area contributed by atoms with E-state index in [0.717, 1.165) is 16.3 Å². The number of thiazole rings is 1. The van der Waals surface area contributed by atoms with Crippen molar-refractivity contribution in [1.29, 1.82) is 0 Å². The lowest BCUT2D eigenvalue weighted by Crippen LogP contribution is -2.17. The van der Waals surface area contributed by atoms with Gasteiger partial charge in [0.25, 0.3) is 0 Å². The van der Waals surface area contributed by atoms with E-state index in [0.29, 0.717) is 5.69 Å². The molecule has 0 radical (unpaired) electrons. The third kappa shape index (κ3) is 2.87. The molecule has 114 valence electrons. The van der Waals surface area contributed by atoms with Crippen LogP contribution in [0.25, 0.3) is 11.5 Å². The van der Waals surface area contributed by atoms with E-state index in [1.807, 2.05) is 17.5 Å². The lowest BCUT2D eigenvalue weighted by Gasteiger charge is -2.11. The number of nitrogens with zero attached hydrogens (tertiary/aromatic N) is 2. The number of benzene rings is 1. The van der Waals surface area contributed by atoms with Gasteiger partial charge in [-0.05, 0) is 38.1 Å². The average Bonchev–Trinajstić information content (AvgIpc) is 3.11. The van der Waals surface area contributed by atoms with Gasteiger partial charge in [-0.2, -0.15) is 0 Å². The van der Waals surface area contributed by atoms with Crippen LogP contribution < -0.4 is 4.80 Å². The fourth-order valence-electron chi connectivity index (χ4n) is 2.17. The first kappa shape index (κ1) is 15.1. The van der Waals surface area contributed by atoms with Gasteiger partial charge >= 0.3 is 0 Å². The van der Waals surface area contributed by atoms with Crippen molar-refractivity contribution >= 4 is 28.6 Å². The average molecular weight is 337 g/mol. The second kappa shape index (κ2) is 6.10. The SMILES string of the molecule is CC(C)n1c(-c2ccco2)csc1=Nc1ccc(Cl)c(F)c1. The fourth-order valence-corrected chi connectivity index (χ4v) is 3.32. The third-order valence-corrected chi connectivity index (χ3v) is 4.31. The molecule has 0 aliphatic heterocycles. The number of hydrogen-bond donors (Lipinski definition) is 0. The molecule has 0 unspecified atom stereocenters. The van der Waals surface area contributed by atoms with Crippen LogP contribution in [-0.4, -0.2) is 4.57 Å². The first-order chi connectivity index (χ1) is 10.6. The van der Waals surface area contributed by atoms with Gasteiger partial charge in [-0.1, -0.05) is 11.6 Å². The molecule has 0 bridgehead atoms. The molecule has 3 rings (SSSR count). The van der Waals surface area contributed by atoms with Crippen LogP contribution in [0.2, 0.25) is 5.02 Å². The summed E-state index contributed by atoms with van der Waals surface area (Å²) in [5.41, 5.74) is 1.49. The lowest BCUT2D eigenvalue weighted by atomic mass is 10.3. The van der Waals surface area contributed by atoms with Gasteiger partial charge in [0.15, 0.2) is 10.6 Å². The highest BCUT2D eigenvalue weighted by Gasteiger charge is 2.13. The van der Waals surface area contributed by atoms with Gasteiger partial charge in [0.2, 0.25) is 0 Å². The summed E-state index contributed by atoms with van der Waals surface area (Å²) in [5.74, 6) is 0.315. The molecule has 0 atom stereocenters. The van der Waals surface area contributed by atoms with Crippen molar-refractivity contribution < 1.29 is 8.81 Å². The summed E-state index contributed by atoms with van der Waals surface area (Å²) >= 11 is 7.19. The van der Waals surface area contributed by atoms with E-state index in [9.17, 15) is 4.39 Å². The third-order valence-electron chi connectivity index (χ3n) is 3.16. The molecule has 0 spiro atoms. The summed E-state index contributed by atoms with van der Waals surface area (Å²) in [4.78, 5) is 5.32. The van der Waals surface area contributed by atoms with Gasteiger partial charge in [-0.25, -0.2) is 9.38 Å². The molecule has 1 aromatic carbocycles. The zero-order chi connectivity index (χ0) is 15.7. The van der Waals surface area contributed by atoms with Crippen molar-refractivity contribution in [2.24, 2.45) is 4.99 Å². The maximum atomic E-state index is 13.6. The van der Waals surface area contributed by atoms with E-state index < -0.39 is 5.82 Å². The first-order valence-corrected chi connectivity index (χ1v) is 8.05. The normalized spacial score (nSPS) is 12.3. The molecule has 22 heavy (non-hydrogen) atoms. The smallest absolute Gasteiger partial charge is 0.190 e. The fraction of sp³-hybridized carbons (Fsp3) is 0.188. The van der Waals surface area contributed by atoms with Gasteiger partial charge < -0.3 is 8.98 Å². The van der Waals surface area contributed by atoms with E-state index in [1.54, 1.807) is 12.3 Å². The van der Waals surface area contributed by atoms with Crippen LogP contribution in [0.4, 0.5) is 10.1 Å². The van der Waals surface area contributed by atoms with Crippen LogP contribution in [0, 0.1) is 5.82 Å². The molecule has 0 aliphatic rings. The molecule has 0 saturated heterocycles. The molecule has 0 N–H and O–H groups in total. The monoisotopic (exact) mass is 336 g/mol. The van der Waals surface area contributed by atoms with Crippen LogP contribution >= 0.6 is 22.9 Å². The van der Waals surface area contributed by atoms with Crippen LogP contribution in [0.15, 0.2) is 51.4 Å². The summed E-state index contributed by atoms with van der Waals surface area (Å²) in [6.07, 6.45) is 1.64. The largest absolute Gasteiger partial charge is 0.463 e. The summed E-state index contributed by atoms with van der Waals surface area (Å²) in [6, 6.07) is 8.50. The van der Waals surface area contributed by atoms with Gasteiger partial charge in [0.1, 0.15) is 5.82 Å².